The van der Waals surface area contributed by atoms with Gasteiger partial charge in [-0.3, -0.25) is 4.79 Å². The number of carbonyl (C=O) groups excluding carboxylic acids is 1. The van der Waals surface area contributed by atoms with Crippen LogP contribution in [0.3, 0.4) is 0 Å². The number of halogens is 1. The van der Waals surface area contributed by atoms with Gasteiger partial charge in [0.25, 0.3) is 5.91 Å². The number of carbonyl (C=O) groups is 1. The van der Waals surface area contributed by atoms with Crippen molar-refractivity contribution in [1.82, 2.24) is 9.62 Å². The Bertz CT molecular complexity index is 955. The van der Waals surface area contributed by atoms with E-state index in [1.807, 2.05) is 6.07 Å². The zero-order chi connectivity index (χ0) is 20.9. The minimum absolute atomic E-state index is 0.0766. The Hall–Kier alpha value is -1.87. The fourth-order valence-corrected chi connectivity index (χ4v) is 5.13. The Labute approximate surface area is 174 Å². The van der Waals surface area contributed by atoms with Crippen molar-refractivity contribution < 1.29 is 17.9 Å². The van der Waals surface area contributed by atoms with Crippen molar-refractivity contribution >= 4 is 38.9 Å². The summed E-state index contributed by atoms with van der Waals surface area (Å²) in [6.45, 7) is 7.80. The van der Waals surface area contributed by atoms with Crippen LogP contribution >= 0.6 is 22.9 Å². The first kappa shape index (κ1) is 22.4. The van der Waals surface area contributed by atoms with E-state index < -0.39 is 10.0 Å². The molecule has 152 valence electrons. The summed E-state index contributed by atoms with van der Waals surface area (Å²) in [7, 11) is -2.45. The largest absolute Gasteiger partial charge is 0.495 e. The van der Waals surface area contributed by atoms with Crippen molar-refractivity contribution in [2.24, 2.45) is 0 Å². The molecule has 1 N–H and O–H groups in total. The van der Waals surface area contributed by atoms with E-state index in [4.69, 9.17) is 16.3 Å². The molecular weight excluding hydrogens is 420 g/mol. The summed E-state index contributed by atoms with van der Waals surface area (Å²) in [4.78, 5) is 15.5. The van der Waals surface area contributed by atoms with Gasteiger partial charge in [0.1, 0.15) is 10.6 Å². The molecule has 0 radical (unpaired) electrons. The molecule has 0 aliphatic rings. The number of nitrogens with zero attached hydrogens (tertiary/aromatic N) is 1. The van der Waals surface area contributed by atoms with Gasteiger partial charge in [0.05, 0.1) is 18.0 Å². The summed E-state index contributed by atoms with van der Waals surface area (Å²) in [5.41, 5.74) is 0.245. The number of thiophene rings is 1. The number of amides is 1. The maximum Gasteiger partial charge on any atom is 0.254 e. The van der Waals surface area contributed by atoms with Crippen LogP contribution < -0.4 is 9.46 Å². The van der Waals surface area contributed by atoms with E-state index in [2.05, 4.69) is 11.3 Å². The highest BCUT2D eigenvalue weighted by Gasteiger charge is 2.24. The maximum atomic E-state index is 13.0. The third-order valence-corrected chi connectivity index (χ3v) is 6.60. The van der Waals surface area contributed by atoms with Gasteiger partial charge in [0, 0.05) is 23.0 Å². The second kappa shape index (κ2) is 9.56. The molecule has 9 heteroatoms. The molecule has 1 heterocycles. The lowest BCUT2D eigenvalue weighted by Gasteiger charge is -2.21. The molecule has 0 saturated heterocycles. The Balaban J connectivity index is 2.40. The molecule has 1 aromatic heterocycles. The zero-order valence-electron chi connectivity index (χ0n) is 15.9. The van der Waals surface area contributed by atoms with Gasteiger partial charge < -0.3 is 9.64 Å². The number of nitrogens with one attached hydrogen (secondary N) is 1. The molecule has 2 aromatic rings. The van der Waals surface area contributed by atoms with Gasteiger partial charge in [0.15, 0.2) is 0 Å². The van der Waals surface area contributed by atoms with Gasteiger partial charge >= 0.3 is 0 Å². The van der Waals surface area contributed by atoms with Crippen molar-refractivity contribution in [3.8, 4) is 5.75 Å². The summed E-state index contributed by atoms with van der Waals surface area (Å²) in [6.07, 6.45) is 1.62. The second-order valence-electron chi connectivity index (χ2n) is 6.32. The lowest BCUT2D eigenvalue weighted by atomic mass is 10.2. The fraction of sp³-hybridized carbons (Fsp3) is 0.316. The van der Waals surface area contributed by atoms with Crippen LogP contribution in [0.5, 0.6) is 5.75 Å². The maximum absolute atomic E-state index is 13.0. The van der Waals surface area contributed by atoms with Crippen molar-refractivity contribution in [2.75, 3.05) is 13.7 Å². The molecule has 1 aromatic carbocycles. The van der Waals surface area contributed by atoms with Gasteiger partial charge in [-0.15, -0.1) is 17.9 Å². The van der Waals surface area contributed by atoms with Crippen LogP contribution in [0.4, 0.5) is 0 Å². The monoisotopic (exact) mass is 442 g/mol. The van der Waals surface area contributed by atoms with Crippen LogP contribution in [0.15, 0.2) is 47.9 Å². The van der Waals surface area contributed by atoms with Crippen molar-refractivity contribution in [3.05, 3.63) is 57.8 Å². The van der Waals surface area contributed by atoms with Crippen LogP contribution in [-0.2, 0) is 16.6 Å². The first-order valence-electron chi connectivity index (χ1n) is 8.52. The summed E-state index contributed by atoms with van der Waals surface area (Å²) in [6, 6.07) is 7.70. The molecule has 1 amide bonds. The lowest BCUT2D eigenvalue weighted by molar-refractivity contribution is 0.0764. The van der Waals surface area contributed by atoms with Crippen LogP contribution in [0.2, 0.25) is 4.34 Å². The molecule has 0 spiro atoms. The average molecular weight is 443 g/mol. The minimum Gasteiger partial charge on any atom is -0.495 e. The molecule has 0 saturated carbocycles. The van der Waals surface area contributed by atoms with Gasteiger partial charge in [0.2, 0.25) is 10.0 Å². The van der Waals surface area contributed by atoms with Crippen LogP contribution in [0, 0.1) is 0 Å². The molecule has 2 rings (SSSR count). The summed E-state index contributed by atoms with van der Waals surface area (Å²) >= 11 is 7.36. The number of ether oxygens (including phenoxy) is 1. The highest BCUT2D eigenvalue weighted by molar-refractivity contribution is 7.89. The Kier molecular flexibility index (Phi) is 7.65. The number of hydrogen-bond donors (Lipinski definition) is 1. The predicted octanol–water partition coefficient (Wildman–Crippen LogP) is 3.93. The van der Waals surface area contributed by atoms with Crippen molar-refractivity contribution in [1.29, 1.82) is 0 Å². The summed E-state index contributed by atoms with van der Waals surface area (Å²) in [5, 5.41) is 0. The third-order valence-electron chi connectivity index (χ3n) is 3.70. The van der Waals surface area contributed by atoms with E-state index in [1.165, 1.54) is 30.6 Å². The van der Waals surface area contributed by atoms with E-state index in [-0.39, 0.29) is 28.2 Å². The Morgan fingerprint density at radius 3 is 2.61 bits per heavy atom. The third kappa shape index (κ3) is 5.57. The number of sulfonamides is 1. The zero-order valence-corrected chi connectivity index (χ0v) is 18.3. The smallest absolute Gasteiger partial charge is 0.254 e. The van der Waals surface area contributed by atoms with E-state index in [0.29, 0.717) is 17.4 Å². The molecule has 0 fully saturated rings. The molecule has 0 aliphatic carbocycles. The fourth-order valence-electron chi connectivity index (χ4n) is 2.58. The molecule has 6 nitrogen and oxygen atoms in total. The number of methoxy groups -OCH3 is 1. The van der Waals surface area contributed by atoms with Crippen molar-refractivity contribution in [3.63, 3.8) is 0 Å². The average Bonchev–Trinajstić information content (AvgIpc) is 3.04. The first-order chi connectivity index (χ1) is 13.2. The molecule has 0 unspecified atom stereocenters. The van der Waals surface area contributed by atoms with E-state index in [0.717, 1.165) is 4.88 Å². The number of hydrogen-bond acceptors (Lipinski definition) is 5. The summed E-state index contributed by atoms with van der Waals surface area (Å²) in [5.74, 6) is -0.141. The minimum atomic E-state index is -3.83. The first-order valence-corrected chi connectivity index (χ1v) is 11.2. The molecular formula is C19H23ClN2O4S2. The van der Waals surface area contributed by atoms with E-state index in [1.54, 1.807) is 37.0 Å². The topological polar surface area (TPSA) is 75.7 Å². The highest BCUT2D eigenvalue weighted by Crippen LogP contribution is 2.27. The number of benzene rings is 1. The van der Waals surface area contributed by atoms with Gasteiger partial charge in [-0.05, 0) is 44.2 Å². The lowest BCUT2D eigenvalue weighted by Crippen LogP contribution is -2.32. The van der Waals surface area contributed by atoms with Gasteiger partial charge in [-0.2, -0.15) is 0 Å². The standard InChI is InChI=1S/C19H23ClN2O4S2/c1-5-10-22(12-15-7-9-18(20)27-15)19(23)14-6-8-16(26-4)17(11-14)28(24,25)21-13(2)3/h5-9,11,13,21H,1,10,12H2,2-4H3. The quantitative estimate of drug-likeness (QED) is 0.597. The normalized spacial score (nSPS) is 11.5. The Morgan fingerprint density at radius 2 is 2.07 bits per heavy atom. The highest BCUT2D eigenvalue weighted by atomic mass is 35.5. The van der Waals surface area contributed by atoms with E-state index >= 15 is 0 Å². The molecule has 0 atom stereocenters. The van der Waals surface area contributed by atoms with Crippen LogP contribution in [-0.4, -0.2) is 38.9 Å². The second-order valence-corrected chi connectivity index (χ2v) is 9.80. The SMILES string of the molecule is C=CCN(Cc1ccc(Cl)s1)C(=O)c1ccc(OC)c(S(=O)(=O)NC(C)C)c1. The van der Waals surface area contributed by atoms with Crippen LogP contribution in [0.25, 0.3) is 0 Å². The van der Waals surface area contributed by atoms with Gasteiger partial charge in [-0.25, -0.2) is 13.1 Å². The number of rotatable bonds is 9. The summed E-state index contributed by atoms with van der Waals surface area (Å²) < 4.78 is 33.6. The van der Waals surface area contributed by atoms with Crippen molar-refractivity contribution in [2.45, 2.75) is 31.3 Å². The molecule has 0 aliphatic heterocycles. The predicted molar refractivity (Wildman–Crippen MR) is 113 cm³/mol. The molecule has 28 heavy (non-hydrogen) atoms. The van der Waals surface area contributed by atoms with Gasteiger partial charge in [-0.1, -0.05) is 17.7 Å². The molecule has 0 bridgehead atoms. The van der Waals surface area contributed by atoms with Crippen LogP contribution in [0.1, 0.15) is 29.1 Å². The van der Waals surface area contributed by atoms with E-state index in [9.17, 15) is 13.2 Å². The Morgan fingerprint density at radius 1 is 1.36 bits per heavy atom.